The van der Waals surface area contributed by atoms with E-state index in [4.69, 9.17) is 21.1 Å². The second-order valence-electron chi connectivity index (χ2n) is 5.89. The van der Waals surface area contributed by atoms with Crippen molar-refractivity contribution >= 4 is 45.0 Å². The number of carbonyl (C=O) groups is 2. The molecular formula is C19H18BrClN2O4. The molecule has 6 nitrogen and oxygen atoms in total. The van der Waals surface area contributed by atoms with Gasteiger partial charge in [0.05, 0.1) is 23.9 Å². The molecule has 8 heteroatoms. The van der Waals surface area contributed by atoms with Gasteiger partial charge in [-0.2, -0.15) is 0 Å². The number of nitrogens with zero attached hydrogens (tertiary/aromatic N) is 1. The first kappa shape index (κ1) is 19.7. The molecule has 1 saturated heterocycles. The molecule has 3 rings (SSSR count). The van der Waals surface area contributed by atoms with Gasteiger partial charge < -0.3 is 19.7 Å². The standard InChI is InChI=1S/C19H18BrClN2O4/c20-14-2-4-15(5-3-14)27-12-18(24)22-17-11-13(1-6-16(17)21)19(25)23-7-9-26-10-8-23/h1-6,11H,7-10,12H2,(H,22,24). The highest BCUT2D eigenvalue weighted by atomic mass is 79.9. The van der Waals surface area contributed by atoms with Gasteiger partial charge >= 0.3 is 0 Å². The van der Waals surface area contributed by atoms with Gasteiger partial charge in [0, 0.05) is 23.1 Å². The van der Waals surface area contributed by atoms with Crippen LogP contribution in [0.15, 0.2) is 46.9 Å². The number of carbonyl (C=O) groups excluding carboxylic acids is 2. The summed E-state index contributed by atoms with van der Waals surface area (Å²) in [6, 6.07) is 12.0. The van der Waals surface area contributed by atoms with Crippen LogP contribution in [-0.4, -0.2) is 49.6 Å². The fourth-order valence-corrected chi connectivity index (χ4v) is 3.00. The molecule has 0 atom stereocenters. The predicted octanol–water partition coefficient (Wildman–Crippen LogP) is 3.59. The van der Waals surface area contributed by atoms with Crippen LogP contribution in [0.5, 0.6) is 5.75 Å². The van der Waals surface area contributed by atoms with Crippen molar-refractivity contribution in [2.24, 2.45) is 0 Å². The molecule has 0 spiro atoms. The van der Waals surface area contributed by atoms with Gasteiger partial charge in [0.2, 0.25) is 0 Å². The van der Waals surface area contributed by atoms with Gasteiger partial charge in [-0.05, 0) is 42.5 Å². The number of benzene rings is 2. The minimum Gasteiger partial charge on any atom is -0.484 e. The quantitative estimate of drug-likeness (QED) is 0.751. The number of halogens is 2. The van der Waals surface area contributed by atoms with Crippen LogP contribution in [0.2, 0.25) is 5.02 Å². The Kier molecular flexibility index (Phi) is 6.71. The summed E-state index contributed by atoms with van der Waals surface area (Å²) in [5, 5.41) is 3.04. The molecule has 27 heavy (non-hydrogen) atoms. The largest absolute Gasteiger partial charge is 0.484 e. The fourth-order valence-electron chi connectivity index (χ4n) is 2.57. The third-order valence-electron chi connectivity index (χ3n) is 3.97. The number of morpholine rings is 1. The van der Waals surface area contributed by atoms with Crippen molar-refractivity contribution in [1.82, 2.24) is 4.90 Å². The van der Waals surface area contributed by atoms with Crippen molar-refractivity contribution in [1.29, 1.82) is 0 Å². The average molecular weight is 454 g/mol. The lowest BCUT2D eigenvalue weighted by atomic mass is 10.1. The monoisotopic (exact) mass is 452 g/mol. The number of anilines is 1. The maximum absolute atomic E-state index is 12.6. The van der Waals surface area contributed by atoms with E-state index in [1.807, 2.05) is 12.1 Å². The molecule has 0 radical (unpaired) electrons. The number of amides is 2. The molecule has 1 N–H and O–H groups in total. The number of hydrogen-bond acceptors (Lipinski definition) is 4. The van der Waals surface area contributed by atoms with Gasteiger partial charge in [-0.1, -0.05) is 27.5 Å². The van der Waals surface area contributed by atoms with E-state index in [0.29, 0.717) is 48.3 Å². The SMILES string of the molecule is O=C(COc1ccc(Br)cc1)Nc1cc(C(=O)N2CCOCC2)ccc1Cl. The van der Waals surface area contributed by atoms with E-state index < -0.39 is 0 Å². The number of rotatable bonds is 5. The minimum absolute atomic E-state index is 0.114. The summed E-state index contributed by atoms with van der Waals surface area (Å²) in [6.07, 6.45) is 0. The second-order valence-corrected chi connectivity index (χ2v) is 7.21. The number of ether oxygens (including phenoxy) is 2. The smallest absolute Gasteiger partial charge is 0.262 e. The number of nitrogens with one attached hydrogen (secondary N) is 1. The van der Waals surface area contributed by atoms with Gasteiger partial charge in [0.15, 0.2) is 6.61 Å². The van der Waals surface area contributed by atoms with Crippen molar-refractivity contribution in [3.05, 3.63) is 57.5 Å². The third-order valence-corrected chi connectivity index (χ3v) is 4.83. The topological polar surface area (TPSA) is 67.9 Å². The second kappa shape index (κ2) is 9.21. The summed E-state index contributed by atoms with van der Waals surface area (Å²) in [7, 11) is 0. The lowest BCUT2D eigenvalue weighted by molar-refractivity contribution is -0.118. The Morgan fingerprint density at radius 2 is 1.85 bits per heavy atom. The molecule has 0 unspecified atom stereocenters. The maximum atomic E-state index is 12.6. The normalized spacial score (nSPS) is 13.9. The lowest BCUT2D eigenvalue weighted by Crippen LogP contribution is -2.40. The summed E-state index contributed by atoms with van der Waals surface area (Å²) in [6.45, 7) is 1.97. The van der Waals surface area contributed by atoms with Crippen molar-refractivity contribution in [3.8, 4) is 5.75 Å². The zero-order chi connectivity index (χ0) is 19.2. The number of hydrogen-bond donors (Lipinski definition) is 1. The molecule has 142 valence electrons. The van der Waals surface area contributed by atoms with Crippen molar-refractivity contribution in [3.63, 3.8) is 0 Å². The fraction of sp³-hybridized carbons (Fsp3) is 0.263. The average Bonchev–Trinajstić information content (AvgIpc) is 2.69. The first-order valence-electron chi connectivity index (χ1n) is 8.38. The van der Waals surface area contributed by atoms with Gasteiger partial charge in [-0.25, -0.2) is 0 Å². The van der Waals surface area contributed by atoms with Crippen LogP contribution in [0.3, 0.4) is 0 Å². The Morgan fingerprint density at radius 1 is 1.15 bits per heavy atom. The molecule has 1 aliphatic heterocycles. The molecular weight excluding hydrogens is 436 g/mol. The summed E-state index contributed by atoms with van der Waals surface area (Å²) in [4.78, 5) is 26.5. The van der Waals surface area contributed by atoms with Gasteiger partial charge in [-0.15, -0.1) is 0 Å². The van der Waals surface area contributed by atoms with Gasteiger partial charge in [0.25, 0.3) is 11.8 Å². The third kappa shape index (κ3) is 5.45. The zero-order valence-corrected chi connectivity index (χ0v) is 16.8. The maximum Gasteiger partial charge on any atom is 0.262 e. The molecule has 2 aromatic carbocycles. The summed E-state index contributed by atoms with van der Waals surface area (Å²) >= 11 is 9.50. The van der Waals surface area contributed by atoms with Crippen LogP contribution in [-0.2, 0) is 9.53 Å². The molecule has 1 fully saturated rings. The van der Waals surface area contributed by atoms with Gasteiger partial charge in [0.1, 0.15) is 5.75 Å². The predicted molar refractivity (Wildman–Crippen MR) is 106 cm³/mol. The molecule has 1 aliphatic rings. The van der Waals surface area contributed by atoms with E-state index in [2.05, 4.69) is 21.2 Å². The van der Waals surface area contributed by atoms with Crippen LogP contribution in [0.25, 0.3) is 0 Å². The van der Waals surface area contributed by atoms with E-state index in [0.717, 1.165) is 4.47 Å². The Bertz CT molecular complexity index is 823. The summed E-state index contributed by atoms with van der Waals surface area (Å²) < 4.78 is 11.6. The Hall–Kier alpha value is -2.09. The first-order valence-corrected chi connectivity index (χ1v) is 9.55. The molecule has 1 heterocycles. The van der Waals surface area contributed by atoms with E-state index >= 15 is 0 Å². The molecule has 2 amide bonds. The molecule has 2 aromatic rings. The van der Waals surface area contributed by atoms with Crippen molar-refractivity contribution < 1.29 is 19.1 Å². The van der Waals surface area contributed by atoms with Crippen molar-refractivity contribution in [2.75, 3.05) is 38.2 Å². The Labute approximate surface area is 170 Å². The van der Waals surface area contributed by atoms with Crippen LogP contribution < -0.4 is 10.1 Å². The molecule has 0 saturated carbocycles. The van der Waals surface area contributed by atoms with Crippen LogP contribution in [0.1, 0.15) is 10.4 Å². The van der Waals surface area contributed by atoms with E-state index in [9.17, 15) is 9.59 Å². The van der Waals surface area contributed by atoms with Gasteiger partial charge in [-0.3, -0.25) is 9.59 Å². The van der Waals surface area contributed by atoms with Crippen LogP contribution in [0, 0.1) is 0 Å². The van der Waals surface area contributed by atoms with Crippen molar-refractivity contribution in [2.45, 2.75) is 0 Å². The van der Waals surface area contributed by atoms with E-state index in [-0.39, 0.29) is 18.4 Å². The summed E-state index contributed by atoms with van der Waals surface area (Å²) in [5.74, 6) is 0.100. The van der Waals surface area contributed by atoms with E-state index in [1.165, 1.54) is 0 Å². The molecule has 0 aliphatic carbocycles. The highest BCUT2D eigenvalue weighted by molar-refractivity contribution is 9.10. The Balaban J connectivity index is 1.62. The summed E-state index contributed by atoms with van der Waals surface area (Å²) in [5.41, 5.74) is 0.839. The minimum atomic E-state index is -0.365. The molecule has 0 bridgehead atoms. The lowest BCUT2D eigenvalue weighted by Gasteiger charge is -2.27. The molecule has 0 aromatic heterocycles. The highest BCUT2D eigenvalue weighted by Crippen LogP contribution is 2.24. The first-order chi connectivity index (χ1) is 13.0. The van der Waals surface area contributed by atoms with Crippen LogP contribution in [0.4, 0.5) is 5.69 Å². The highest BCUT2D eigenvalue weighted by Gasteiger charge is 2.19. The van der Waals surface area contributed by atoms with Crippen LogP contribution >= 0.6 is 27.5 Å². The zero-order valence-electron chi connectivity index (χ0n) is 14.4. The Morgan fingerprint density at radius 3 is 2.56 bits per heavy atom. The van der Waals surface area contributed by atoms with E-state index in [1.54, 1.807) is 35.2 Å².